The van der Waals surface area contributed by atoms with E-state index in [0.29, 0.717) is 31.7 Å². The van der Waals surface area contributed by atoms with Gasteiger partial charge in [-0.2, -0.15) is 0 Å². The Hall–Kier alpha value is -3.18. The van der Waals surface area contributed by atoms with Crippen LogP contribution in [0.1, 0.15) is 176 Å². The van der Waals surface area contributed by atoms with Crippen molar-refractivity contribution in [3.8, 4) is 0 Å². The molecule has 56 heteroatoms. The maximum absolute atomic E-state index is 11.4. The van der Waals surface area contributed by atoms with E-state index in [2.05, 4.69) is 79.5 Å². The number of aliphatic hydroxyl groups excluding tert-OH is 3. The zero-order valence-corrected chi connectivity index (χ0v) is 109. The molecular formula is C88H200O42Si14. The second-order valence-electron chi connectivity index (χ2n) is 32.3. The maximum atomic E-state index is 11.4. The topological polar surface area (TPSA) is 499 Å². The molecule has 0 unspecified atom stereocenters. The number of ether oxygens (including phenoxy) is 1. The molecule has 0 aliphatic rings. The Morgan fingerprint density at radius 3 is 0.639 bits per heavy atom. The molecule has 42 nitrogen and oxygen atoms in total. The minimum atomic E-state index is -3.53. The molecule has 0 aliphatic carbocycles. The Bertz CT molecular complexity index is 2960. The molecule has 0 aromatic carbocycles. The van der Waals surface area contributed by atoms with Gasteiger partial charge in [0, 0.05) is 218 Å². The summed E-state index contributed by atoms with van der Waals surface area (Å²) in [5.41, 5.74) is 3.25. The van der Waals surface area contributed by atoms with Crippen molar-refractivity contribution in [2.45, 2.75) is 312 Å². The molecule has 0 aliphatic heterocycles. The van der Waals surface area contributed by atoms with E-state index in [1.807, 2.05) is 75.0 Å². The number of hydrogen-bond donors (Lipinski definition) is 3. The van der Waals surface area contributed by atoms with Gasteiger partial charge in [-0.25, -0.2) is 0 Å². The van der Waals surface area contributed by atoms with E-state index >= 15 is 0 Å². The molecule has 0 radical (unpaired) electrons. The standard InChI is InChI=1S/C14H24O10Si2.C14H28O6Si2.2C14H34O4Si2.C10H26O5Si2.C10H24O5Si2.C9H24O5Si2.3CH2O/c1-11(16)21-25(5,22-12(2)17)7-6-8-26(10-20-9-15,23-13(3)18)24-14(4)19;1-7-17-21(6,18-8-2)11-10-12-22(9-3,19-13(4)15)20-14(5)16;2*1-7-15-19(6,16-8-2)13-12-14-20(11-5,17-9-3)18-10-4;2*1-6-16(12-2,13-3)8-7-9-17(10-11,14-4)15-5;1-11-15(5,12-2)7-6-8-16(9-10,13-3)14-4;3*1-2/h9H,6-8,10H2,1-5H3;9H,3,7-8,10-12H2,1-2,4-6H3;2*7-14H2,1-6H3;11H,6-10H2,1-5H3;6,11H,1,7-10H2,2-5H3;10H,6-9H2,1-5H3;3*1H2. The van der Waals surface area contributed by atoms with Crippen LogP contribution in [0.5, 0.6) is 0 Å². The molecule has 0 saturated heterocycles. The van der Waals surface area contributed by atoms with Crippen molar-refractivity contribution < 1.29 is 192 Å². The summed E-state index contributed by atoms with van der Waals surface area (Å²) in [5, 5.41) is 27.9. The van der Waals surface area contributed by atoms with Crippen LogP contribution in [0.15, 0.2) is 24.6 Å². The molecule has 0 heterocycles. The van der Waals surface area contributed by atoms with E-state index < -0.39 is 156 Å². The third-order valence-electron chi connectivity index (χ3n) is 22.3. The summed E-state index contributed by atoms with van der Waals surface area (Å²) >= 11 is 0. The highest BCUT2D eigenvalue weighted by atomic mass is 28.4. The average Bonchev–Trinajstić information content (AvgIpc) is 0.840. The van der Waals surface area contributed by atoms with Gasteiger partial charge in [0.05, 0.1) is 18.7 Å². The SMILES string of the molecule is C=C[Si](CCC[Si](C)(OCC)OCC)(OC(C)=O)OC(C)=O.C=C[Si](CCC[Si](CO)(OC)OC)(OC)OC.C=O.C=O.C=O.CC(=O)O[Si](C)(CCC[Si](COC=O)(OC(C)=O)OC(C)=O)OC(C)=O.CCO[Si](C)(CCC[Si](CC)(OCC)OCC)OCC.CCO[Si](C)(CCC[Si](CC)(OCC)OCC)OCC.CC[Si](CCC[Si](CO)(OC)OC)(OC)OC.CO[Si](C)(CCC[Si](CO)(OC)OC)OC. The molecule has 0 atom stereocenters. The first-order valence-electron chi connectivity index (χ1n) is 49.0. The summed E-state index contributed by atoms with van der Waals surface area (Å²) in [6.45, 7) is 64.5. The number of carbonyl (C=O) groups is 10. The molecule has 0 aromatic heterocycles. The highest BCUT2D eigenvalue weighted by Crippen LogP contribution is 2.33. The van der Waals surface area contributed by atoms with Crippen molar-refractivity contribution >= 4 is 183 Å². The number of hydrogen-bond acceptors (Lipinski definition) is 42. The van der Waals surface area contributed by atoms with E-state index in [1.165, 1.54) is 33.4 Å². The average molecular weight is 2320 g/mol. The molecule has 0 amide bonds. The first kappa shape index (κ1) is 161. The highest BCUT2D eigenvalue weighted by Gasteiger charge is 2.50. The van der Waals surface area contributed by atoms with Crippen LogP contribution in [-0.2, 0) is 177 Å². The molecule has 0 spiro atoms. The second-order valence-corrected chi connectivity index (χ2v) is 79.9. The third kappa shape index (κ3) is 74.7. The lowest BCUT2D eigenvalue weighted by Gasteiger charge is -2.31. The van der Waals surface area contributed by atoms with Crippen LogP contribution in [-0.4, -0.2) is 374 Å². The Kier molecular flexibility index (Phi) is 106. The van der Waals surface area contributed by atoms with Gasteiger partial charge in [-0.3, -0.25) is 33.6 Å². The van der Waals surface area contributed by atoms with E-state index in [4.69, 9.17) is 138 Å². The van der Waals surface area contributed by atoms with Crippen molar-refractivity contribution in [1.82, 2.24) is 0 Å². The van der Waals surface area contributed by atoms with Gasteiger partial charge in [-0.1, -0.05) is 20.8 Å². The van der Waals surface area contributed by atoms with Gasteiger partial charge in [0.2, 0.25) is 0 Å². The molecule has 0 rings (SSSR count). The molecular weight excluding hydrogens is 2120 g/mol. The lowest BCUT2D eigenvalue weighted by Crippen LogP contribution is -2.50. The molecule has 0 fully saturated rings. The minimum absolute atomic E-state index is 0.0132. The van der Waals surface area contributed by atoms with Gasteiger partial charge in [-0.05, 0) is 236 Å². The van der Waals surface area contributed by atoms with Crippen molar-refractivity contribution in [3.63, 3.8) is 0 Å². The van der Waals surface area contributed by atoms with Gasteiger partial charge in [-0.15, -0.1) is 13.2 Å². The molecule has 0 aromatic rings. The number of carbonyl (C=O) groups excluding carboxylic acids is 10. The van der Waals surface area contributed by atoms with Crippen LogP contribution in [0.4, 0.5) is 0 Å². The van der Waals surface area contributed by atoms with Crippen molar-refractivity contribution in [1.29, 1.82) is 0 Å². The molecule has 3 N–H and O–H groups in total. The zero-order valence-electron chi connectivity index (χ0n) is 95.4. The van der Waals surface area contributed by atoms with Crippen LogP contribution in [0, 0.1) is 0 Å². The summed E-state index contributed by atoms with van der Waals surface area (Å²) in [5.74, 6) is -3.49. The maximum Gasteiger partial charge on any atom is 0.503 e. The monoisotopic (exact) mass is 2320 g/mol. The molecule has 144 heavy (non-hydrogen) atoms. The van der Waals surface area contributed by atoms with Gasteiger partial charge in [0.1, 0.15) is 20.4 Å². The first-order chi connectivity index (χ1) is 67.8. The Balaban J connectivity index is -0.000000181. The number of rotatable bonds is 77. The lowest BCUT2D eigenvalue weighted by atomic mass is 10.6. The van der Waals surface area contributed by atoms with Crippen molar-refractivity contribution in [2.24, 2.45) is 0 Å². The van der Waals surface area contributed by atoms with Crippen LogP contribution >= 0.6 is 0 Å². The zero-order chi connectivity index (χ0) is 114. The first-order valence-corrected chi connectivity index (χ1v) is 81.5. The van der Waals surface area contributed by atoms with E-state index in [1.54, 1.807) is 97.6 Å². The predicted octanol–water partition coefficient (Wildman–Crippen LogP) is 14.7. The van der Waals surface area contributed by atoms with Crippen LogP contribution in [0.2, 0.25) is 135 Å². The number of aliphatic hydroxyl groups is 3. The van der Waals surface area contributed by atoms with Crippen LogP contribution < -0.4 is 0 Å². The Morgan fingerprint density at radius 1 is 0.236 bits per heavy atom. The summed E-state index contributed by atoms with van der Waals surface area (Å²) in [6, 6.07) is 13.3. The fraction of sp³-hybridized carbons (Fsp3) is 0.841. The summed E-state index contributed by atoms with van der Waals surface area (Å²) in [7, 11) is -13.9. The largest absolute Gasteiger partial charge is 0.503 e. The van der Waals surface area contributed by atoms with Gasteiger partial charge in [0.15, 0.2) is 6.23 Å². The normalized spacial score (nSPS) is 12.0. The Labute approximate surface area is 881 Å². The summed E-state index contributed by atoms with van der Waals surface area (Å²) in [6.07, 6.45) is 5.26. The minimum Gasteiger partial charge on any atom is -0.485 e. The van der Waals surface area contributed by atoms with Gasteiger partial charge in [0.25, 0.3) is 42.3 Å². The fourth-order valence-electron chi connectivity index (χ4n) is 14.7. The quantitative estimate of drug-likeness (QED) is 0.0376. The second kappa shape index (κ2) is 94.5. The summed E-state index contributed by atoms with van der Waals surface area (Å²) < 4.78 is 160. The van der Waals surface area contributed by atoms with Gasteiger partial charge < -0.3 is 158 Å². The van der Waals surface area contributed by atoms with Gasteiger partial charge >= 0.3 is 120 Å². The summed E-state index contributed by atoms with van der Waals surface area (Å²) in [4.78, 5) is 102. The smallest absolute Gasteiger partial charge is 0.485 e. The molecule has 860 valence electrons. The highest BCUT2D eigenvalue weighted by molar-refractivity contribution is 6.76. The van der Waals surface area contributed by atoms with E-state index in [-0.39, 0.29) is 49.9 Å². The Morgan fingerprint density at radius 2 is 0.438 bits per heavy atom. The molecule has 0 bridgehead atoms. The molecule has 0 saturated carbocycles. The van der Waals surface area contributed by atoms with Crippen LogP contribution in [0.3, 0.4) is 0 Å². The fourth-order valence-corrected chi connectivity index (χ4v) is 47.9. The van der Waals surface area contributed by atoms with E-state index in [0.717, 1.165) is 177 Å². The predicted molar refractivity (Wildman–Crippen MR) is 587 cm³/mol. The van der Waals surface area contributed by atoms with Crippen molar-refractivity contribution in [2.75, 3.05) is 176 Å². The van der Waals surface area contributed by atoms with E-state index in [9.17, 15) is 48.9 Å². The lowest BCUT2D eigenvalue weighted by molar-refractivity contribution is -0.142. The van der Waals surface area contributed by atoms with Crippen LogP contribution in [0.25, 0.3) is 0 Å². The third-order valence-corrected chi connectivity index (χ3v) is 66.8. The van der Waals surface area contributed by atoms with Crippen molar-refractivity contribution in [3.05, 3.63) is 24.6 Å².